The third-order valence-electron chi connectivity index (χ3n) is 1.76. The highest BCUT2D eigenvalue weighted by atomic mass is 35.5. The summed E-state index contributed by atoms with van der Waals surface area (Å²) in [6.45, 7) is 0. The van der Waals surface area contributed by atoms with Crippen LogP contribution in [0.4, 0.5) is 22.0 Å². The van der Waals surface area contributed by atoms with E-state index in [2.05, 4.69) is 4.74 Å². The van der Waals surface area contributed by atoms with Crippen LogP contribution < -0.4 is 4.74 Å². The highest BCUT2D eigenvalue weighted by Gasteiger charge is 2.32. The summed E-state index contributed by atoms with van der Waals surface area (Å²) in [5.41, 5.74) is -0.909. The van der Waals surface area contributed by atoms with E-state index in [0.717, 1.165) is 18.2 Å². The fraction of sp³-hybridized carbons (Fsp3) is 0.333. The first-order chi connectivity index (χ1) is 7.35. The molecule has 0 fully saturated rings. The molecule has 0 spiro atoms. The lowest BCUT2D eigenvalue weighted by Gasteiger charge is -2.14. The van der Waals surface area contributed by atoms with Gasteiger partial charge in [0.05, 0.1) is 5.88 Å². The first kappa shape index (κ1) is 13.0. The maximum atomic E-state index is 12.4. The van der Waals surface area contributed by atoms with Crippen LogP contribution in [0.3, 0.4) is 0 Å². The van der Waals surface area contributed by atoms with Crippen LogP contribution in [0.2, 0.25) is 0 Å². The van der Waals surface area contributed by atoms with E-state index in [-0.39, 0.29) is 5.56 Å². The van der Waals surface area contributed by atoms with Crippen LogP contribution in [0, 0.1) is 0 Å². The van der Waals surface area contributed by atoms with E-state index in [0.29, 0.717) is 0 Å². The van der Waals surface area contributed by atoms with Gasteiger partial charge in [-0.25, -0.2) is 8.78 Å². The molecule has 0 aromatic heterocycles. The van der Waals surface area contributed by atoms with Crippen LogP contribution in [0.1, 0.15) is 17.6 Å². The maximum absolute atomic E-state index is 12.4. The van der Waals surface area contributed by atoms with Gasteiger partial charge in [0.15, 0.2) is 0 Å². The zero-order chi connectivity index (χ0) is 12.3. The van der Waals surface area contributed by atoms with Gasteiger partial charge in [-0.05, 0) is 6.07 Å². The standard InChI is InChI=1S/C9H6ClF5O/c10-4-6-5(8(11)12)2-1-3-7(6)16-9(13,14)15/h1-3,8H,4H2. The average Bonchev–Trinajstić information content (AvgIpc) is 2.14. The summed E-state index contributed by atoms with van der Waals surface area (Å²) in [4.78, 5) is 0. The van der Waals surface area contributed by atoms with Crippen molar-refractivity contribution in [2.24, 2.45) is 0 Å². The molecule has 0 atom stereocenters. The first-order valence-electron chi connectivity index (χ1n) is 4.07. The van der Waals surface area contributed by atoms with Crippen LogP contribution in [-0.2, 0) is 5.88 Å². The Balaban J connectivity index is 3.14. The largest absolute Gasteiger partial charge is 0.573 e. The monoisotopic (exact) mass is 260 g/mol. The molecule has 0 aliphatic carbocycles. The molecule has 0 saturated heterocycles. The Bertz CT molecular complexity index is 363. The lowest BCUT2D eigenvalue weighted by Crippen LogP contribution is -2.18. The first-order valence-corrected chi connectivity index (χ1v) is 4.60. The molecule has 0 saturated carbocycles. The maximum Gasteiger partial charge on any atom is 0.573 e. The third kappa shape index (κ3) is 3.23. The van der Waals surface area contributed by atoms with Crippen LogP contribution in [-0.4, -0.2) is 6.36 Å². The molecular weight excluding hydrogens is 255 g/mol. The summed E-state index contributed by atoms with van der Waals surface area (Å²) >= 11 is 5.33. The SMILES string of the molecule is FC(F)c1cccc(OC(F)(F)F)c1CCl. The van der Waals surface area contributed by atoms with Gasteiger partial charge in [0, 0.05) is 11.1 Å². The molecule has 1 rings (SSSR count). The smallest absolute Gasteiger partial charge is 0.405 e. The van der Waals surface area contributed by atoms with Gasteiger partial charge >= 0.3 is 6.36 Å². The normalized spacial score (nSPS) is 11.9. The van der Waals surface area contributed by atoms with Crippen molar-refractivity contribution < 1.29 is 26.7 Å². The molecule has 0 aliphatic rings. The molecule has 0 unspecified atom stereocenters. The zero-order valence-corrected chi connectivity index (χ0v) is 8.45. The van der Waals surface area contributed by atoms with Gasteiger partial charge < -0.3 is 4.74 Å². The van der Waals surface area contributed by atoms with Gasteiger partial charge in [0.1, 0.15) is 5.75 Å². The molecule has 7 heteroatoms. The van der Waals surface area contributed by atoms with Gasteiger partial charge in [-0.3, -0.25) is 0 Å². The molecule has 0 heterocycles. The molecule has 0 bridgehead atoms. The molecule has 1 aromatic carbocycles. The summed E-state index contributed by atoms with van der Waals surface area (Å²) in [6, 6.07) is 3.00. The van der Waals surface area contributed by atoms with Gasteiger partial charge in [0.2, 0.25) is 0 Å². The van der Waals surface area contributed by atoms with Crippen molar-refractivity contribution in [2.75, 3.05) is 0 Å². The number of ether oxygens (including phenoxy) is 1. The lowest BCUT2D eigenvalue weighted by molar-refractivity contribution is -0.274. The number of halogens is 6. The van der Waals surface area contributed by atoms with Crippen LogP contribution >= 0.6 is 11.6 Å². The van der Waals surface area contributed by atoms with Gasteiger partial charge in [-0.2, -0.15) is 0 Å². The predicted molar refractivity (Wildman–Crippen MR) is 47.6 cm³/mol. The van der Waals surface area contributed by atoms with Gasteiger partial charge in [-0.1, -0.05) is 12.1 Å². The molecule has 1 aromatic rings. The Morgan fingerprint density at radius 1 is 1.25 bits per heavy atom. The number of hydrogen-bond donors (Lipinski definition) is 0. The van der Waals surface area contributed by atoms with Crippen LogP contribution in [0.15, 0.2) is 18.2 Å². The van der Waals surface area contributed by atoms with E-state index in [1.807, 2.05) is 0 Å². The lowest BCUT2D eigenvalue weighted by atomic mass is 10.1. The Morgan fingerprint density at radius 3 is 2.31 bits per heavy atom. The number of alkyl halides is 6. The fourth-order valence-corrected chi connectivity index (χ4v) is 1.44. The van der Waals surface area contributed by atoms with E-state index >= 15 is 0 Å². The van der Waals surface area contributed by atoms with Crippen molar-refractivity contribution in [3.63, 3.8) is 0 Å². The van der Waals surface area contributed by atoms with E-state index in [4.69, 9.17) is 11.6 Å². The van der Waals surface area contributed by atoms with E-state index in [9.17, 15) is 22.0 Å². The quantitative estimate of drug-likeness (QED) is 0.583. The summed E-state index contributed by atoms with van der Waals surface area (Å²) in [5, 5.41) is 0. The van der Waals surface area contributed by atoms with Gasteiger partial charge in [-0.15, -0.1) is 24.8 Å². The molecule has 0 radical (unpaired) electrons. The van der Waals surface area contributed by atoms with Gasteiger partial charge in [0.25, 0.3) is 6.43 Å². The zero-order valence-electron chi connectivity index (χ0n) is 7.69. The van der Waals surface area contributed by atoms with Crippen molar-refractivity contribution in [3.8, 4) is 5.75 Å². The predicted octanol–water partition coefficient (Wildman–Crippen LogP) is 4.26. The minimum atomic E-state index is -4.93. The molecule has 0 N–H and O–H groups in total. The summed E-state index contributed by atoms with van der Waals surface area (Å²) < 4.78 is 64.3. The second kappa shape index (κ2) is 4.86. The molecule has 1 nitrogen and oxygen atoms in total. The second-order valence-electron chi connectivity index (χ2n) is 2.81. The fourth-order valence-electron chi connectivity index (χ4n) is 1.15. The van der Waals surface area contributed by atoms with Crippen LogP contribution in [0.5, 0.6) is 5.75 Å². The third-order valence-corrected chi connectivity index (χ3v) is 2.03. The van der Waals surface area contributed by atoms with Crippen molar-refractivity contribution in [2.45, 2.75) is 18.7 Å². The van der Waals surface area contributed by atoms with Crippen molar-refractivity contribution in [1.82, 2.24) is 0 Å². The molecule has 0 amide bonds. The minimum Gasteiger partial charge on any atom is -0.405 e. The Kier molecular flexibility index (Phi) is 3.96. The molecule has 16 heavy (non-hydrogen) atoms. The van der Waals surface area contributed by atoms with Crippen molar-refractivity contribution >= 4 is 11.6 Å². The van der Waals surface area contributed by atoms with E-state index in [1.54, 1.807) is 0 Å². The Hall–Kier alpha value is -1.04. The average molecular weight is 261 g/mol. The van der Waals surface area contributed by atoms with Crippen molar-refractivity contribution in [1.29, 1.82) is 0 Å². The molecule has 0 aliphatic heterocycles. The highest BCUT2D eigenvalue weighted by Crippen LogP contribution is 2.33. The number of hydrogen-bond acceptors (Lipinski definition) is 1. The van der Waals surface area contributed by atoms with E-state index < -0.39 is 30.0 Å². The Morgan fingerprint density at radius 2 is 1.88 bits per heavy atom. The number of rotatable bonds is 3. The molecule has 90 valence electrons. The van der Waals surface area contributed by atoms with Crippen LogP contribution in [0.25, 0.3) is 0 Å². The Labute approximate surface area is 92.8 Å². The van der Waals surface area contributed by atoms with Crippen molar-refractivity contribution in [3.05, 3.63) is 29.3 Å². The second-order valence-corrected chi connectivity index (χ2v) is 3.07. The molecular formula is C9H6ClF5O. The summed E-state index contributed by atoms with van der Waals surface area (Å²) in [5.74, 6) is -1.17. The summed E-state index contributed by atoms with van der Waals surface area (Å²) in [6.07, 6.45) is -7.83. The summed E-state index contributed by atoms with van der Waals surface area (Å²) in [7, 11) is 0. The minimum absolute atomic E-state index is 0.350. The van der Waals surface area contributed by atoms with E-state index in [1.165, 1.54) is 0 Å². The highest BCUT2D eigenvalue weighted by molar-refractivity contribution is 6.17. The topological polar surface area (TPSA) is 9.23 Å². The number of benzene rings is 1.